The SMILES string of the molecule is CN1CCCc2cc(/C=C3\SC(=S)N(NC(=O)c4cccc(O)c4)C3=O)ccc21. The van der Waals surface area contributed by atoms with E-state index in [1.807, 2.05) is 6.07 Å². The van der Waals surface area contributed by atoms with Crippen LogP contribution in [0.4, 0.5) is 5.69 Å². The third-order valence-electron chi connectivity index (χ3n) is 4.87. The van der Waals surface area contributed by atoms with Crippen molar-refractivity contribution in [2.75, 3.05) is 18.5 Å². The van der Waals surface area contributed by atoms with E-state index in [0.29, 0.717) is 4.91 Å². The number of benzene rings is 2. The molecule has 2 heterocycles. The molecule has 1 fully saturated rings. The van der Waals surface area contributed by atoms with Crippen molar-refractivity contribution in [3.8, 4) is 5.75 Å². The second kappa shape index (κ2) is 7.88. The predicted octanol–water partition coefficient (Wildman–Crippen LogP) is 3.32. The van der Waals surface area contributed by atoms with Crippen LogP contribution in [0.15, 0.2) is 47.4 Å². The number of anilines is 1. The summed E-state index contributed by atoms with van der Waals surface area (Å²) in [5.41, 5.74) is 6.17. The van der Waals surface area contributed by atoms with E-state index in [9.17, 15) is 14.7 Å². The Kier molecular flexibility index (Phi) is 5.29. The smallest absolute Gasteiger partial charge is 0.285 e. The van der Waals surface area contributed by atoms with Crippen molar-refractivity contribution in [2.45, 2.75) is 12.8 Å². The third kappa shape index (κ3) is 3.99. The summed E-state index contributed by atoms with van der Waals surface area (Å²) in [6.45, 7) is 1.05. The van der Waals surface area contributed by atoms with Crippen molar-refractivity contribution in [3.63, 3.8) is 0 Å². The van der Waals surface area contributed by atoms with Gasteiger partial charge in [-0.2, -0.15) is 5.01 Å². The minimum atomic E-state index is -0.518. The molecular formula is C21H19N3O3S2. The molecule has 0 atom stereocenters. The Labute approximate surface area is 178 Å². The van der Waals surface area contributed by atoms with Crippen LogP contribution in [0, 0.1) is 0 Å². The van der Waals surface area contributed by atoms with Crippen LogP contribution in [-0.2, 0) is 11.2 Å². The molecule has 0 unspecified atom stereocenters. The summed E-state index contributed by atoms with van der Waals surface area (Å²) in [5, 5.41) is 10.6. The van der Waals surface area contributed by atoms with Crippen LogP contribution in [0.2, 0.25) is 0 Å². The number of hydrogen-bond acceptors (Lipinski definition) is 6. The van der Waals surface area contributed by atoms with Crippen LogP contribution < -0.4 is 10.3 Å². The molecule has 1 saturated heterocycles. The second-order valence-electron chi connectivity index (χ2n) is 6.92. The fourth-order valence-corrected chi connectivity index (χ4v) is 4.60. The number of phenolic OH excluding ortho intramolecular Hbond substituents is 1. The molecular weight excluding hydrogens is 406 g/mol. The summed E-state index contributed by atoms with van der Waals surface area (Å²) in [5.74, 6) is -0.917. The minimum Gasteiger partial charge on any atom is -0.508 e. The average molecular weight is 426 g/mol. The lowest BCUT2D eigenvalue weighted by atomic mass is 9.99. The zero-order chi connectivity index (χ0) is 20.5. The number of carbonyl (C=O) groups is 2. The maximum absolute atomic E-state index is 12.8. The zero-order valence-electron chi connectivity index (χ0n) is 15.7. The second-order valence-corrected chi connectivity index (χ2v) is 8.60. The Morgan fingerprint density at radius 1 is 1.28 bits per heavy atom. The lowest BCUT2D eigenvalue weighted by Crippen LogP contribution is -2.44. The van der Waals surface area contributed by atoms with Crippen LogP contribution in [0.3, 0.4) is 0 Å². The highest BCUT2D eigenvalue weighted by Crippen LogP contribution is 2.33. The van der Waals surface area contributed by atoms with E-state index in [1.54, 1.807) is 18.2 Å². The van der Waals surface area contributed by atoms with Crippen molar-refractivity contribution >= 4 is 51.9 Å². The molecule has 0 radical (unpaired) electrons. The number of amides is 2. The van der Waals surface area contributed by atoms with Gasteiger partial charge in [0.25, 0.3) is 11.8 Å². The molecule has 2 aromatic rings. The number of nitrogens with one attached hydrogen (secondary N) is 1. The van der Waals surface area contributed by atoms with Crippen LogP contribution in [-0.4, -0.2) is 39.8 Å². The summed E-state index contributed by atoms with van der Waals surface area (Å²) in [7, 11) is 2.08. The third-order valence-corrected chi connectivity index (χ3v) is 6.17. The fraction of sp³-hybridized carbons (Fsp3) is 0.190. The molecule has 4 rings (SSSR count). The molecule has 2 N–H and O–H groups in total. The number of thioether (sulfide) groups is 1. The number of nitrogens with zero attached hydrogens (tertiary/aromatic N) is 2. The topological polar surface area (TPSA) is 72.9 Å². The number of aromatic hydroxyl groups is 1. The van der Waals surface area contributed by atoms with E-state index in [4.69, 9.17) is 12.2 Å². The van der Waals surface area contributed by atoms with E-state index in [1.165, 1.54) is 23.4 Å². The molecule has 2 amide bonds. The summed E-state index contributed by atoms with van der Waals surface area (Å²) in [6, 6.07) is 12.1. The molecule has 0 bridgehead atoms. The number of hydrogen-bond donors (Lipinski definition) is 2. The standard InChI is InChI=1S/C21H19N3O3S2/c1-23-9-3-5-14-10-13(7-8-17(14)23)11-18-20(27)24(21(28)29-18)22-19(26)15-4-2-6-16(25)12-15/h2,4,6-8,10-12,25H,3,5,9H2,1H3,(H,22,26)/b18-11-. The van der Waals surface area contributed by atoms with Gasteiger partial charge in [-0.25, -0.2) is 0 Å². The van der Waals surface area contributed by atoms with E-state index in [2.05, 4.69) is 29.5 Å². The van der Waals surface area contributed by atoms with Gasteiger partial charge < -0.3 is 10.0 Å². The Morgan fingerprint density at radius 2 is 2.10 bits per heavy atom. The Hall–Kier alpha value is -2.84. The number of fused-ring (bicyclic) bond motifs is 1. The van der Waals surface area contributed by atoms with Gasteiger partial charge in [0, 0.05) is 24.8 Å². The first kappa shape index (κ1) is 19.5. The highest BCUT2D eigenvalue weighted by Gasteiger charge is 2.34. The van der Waals surface area contributed by atoms with Crippen LogP contribution in [0.5, 0.6) is 5.75 Å². The molecule has 6 nitrogen and oxygen atoms in total. The number of thiocarbonyl (C=S) groups is 1. The molecule has 0 saturated carbocycles. The molecule has 148 valence electrons. The Morgan fingerprint density at radius 3 is 2.90 bits per heavy atom. The first-order valence-electron chi connectivity index (χ1n) is 9.14. The van der Waals surface area contributed by atoms with Crippen molar-refractivity contribution < 1.29 is 14.7 Å². The number of hydrazine groups is 1. The van der Waals surface area contributed by atoms with Gasteiger partial charge in [0.2, 0.25) is 0 Å². The van der Waals surface area contributed by atoms with Crippen LogP contribution in [0.25, 0.3) is 6.08 Å². The number of aryl methyl sites for hydroxylation is 1. The monoisotopic (exact) mass is 425 g/mol. The lowest BCUT2D eigenvalue weighted by molar-refractivity contribution is -0.123. The minimum absolute atomic E-state index is 0.0269. The average Bonchev–Trinajstić information content (AvgIpc) is 2.95. The Bertz CT molecular complexity index is 1050. The van der Waals surface area contributed by atoms with Gasteiger partial charge in [0.15, 0.2) is 4.32 Å². The predicted molar refractivity (Wildman–Crippen MR) is 119 cm³/mol. The molecule has 0 spiro atoms. The molecule has 0 aliphatic carbocycles. The van der Waals surface area contributed by atoms with Gasteiger partial charge in [-0.1, -0.05) is 23.9 Å². The quantitative estimate of drug-likeness (QED) is 0.581. The van der Waals surface area contributed by atoms with Gasteiger partial charge in [-0.3, -0.25) is 15.0 Å². The first-order valence-corrected chi connectivity index (χ1v) is 10.4. The van der Waals surface area contributed by atoms with E-state index < -0.39 is 5.91 Å². The van der Waals surface area contributed by atoms with Crippen molar-refractivity contribution in [1.29, 1.82) is 0 Å². The molecule has 2 aromatic carbocycles. The van der Waals surface area contributed by atoms with Gasteiger partial charge >= 0.3 is 0 Å². The largest absolute Gasteiger partial charge is 0.508 e. The first-order chi connectivity index (χ1) is 13.9. The molecule has 0 aromatic heterocycles. The van der Waals surface area contributed by atoms with E-state index in [0.717, 1.165) is 41.7 Å². The van der Waals surface area contributed by atoms with Crippen molar-refractivity contribution in [1.82, 2.24) is 10.4 Å². The zero-order valence-corrected chi connectivity index (χ0v) is 17.3. The molecule has 2 aliphatic heterocycles. The van der Waals surface area contributed by atoms with Gasteiger partial charge in [-0.15, -0.1) is 0 Å². The van der Waals surface area contributed by atoms with Crippen LogP contribution >= 0.6 is 24.0 Å². The molecule has 29 heavy (non-hydrogen) atoms. The van der Waals surface area contributed by atoms with Crippen molar-refractivity contribution in [3.05, 3.63) is 64.1 Å². The molecule has 2 aliphatic rings. The number of phenols is 1. The summed E-state index contributed by atoms with van der Waals surface area (Å²) < 4.78 is 0.257. The van der Waals surface area contributed by atoms with Crippen LogP contribution in [0.1, 0.15) is 27.9 Å². The summed E-state index contributed by atoms with van der Waals surface area (Å²) >= 11 is 6.42. The maximum atomic E-state index is 12.8. The van der Waals surface area contributed by atoms with Gasteiger partial charge in [-0.05, 0) is 72.6 Å². The molecule has 8 heteroatoms. The van der Waals surface area contributed by atoms with Crippen molar-refractivity contribution in [2.24, 2.45) is 0 Å². The summed E-state index contributed by atoms with van der Waals surface area (Å²) in [4.78, 5) is 27.9. The number of carbonyl (C=O) groups excluding carboxylic acids is 2. The van der Waals surface area contributed by atoms with Gasteiger partial charge in [0.1, 0.15) is 5.75 Å². The highest BCUT2D eigenvalue weighted by atomic mass is 32.2. The lowest BCUT2D eigenvalue weighted by Gasteiger charge is -2.27. The fourth-order valence-electron chi connectivity index (χ4n) is 3.42. The maximum Gasteiger partial charge on any atom is 0.285 e. The van der Waals surface area contributed by atoms with E-state index in [-0.39, 0.29) is 21.5 Å². The summed E-state index contributed by atoms with van der Waals surface area (Å²) in [6.07, 6.45) is 3.92. The number of rotatable bonds is 3. The van der Waals surface area contributed by atoms with Gasteiger partial charge in [0.05, 0.1) is 4.91 Å². The van der Waals surface area contributed by atoms with E-state index >= 15 is 0 Å². The normalized spacial score (nSPS) is 17.6. The Balaban J connectivity index is 1.53. The highest BCUT2D eigenvalue weighted by molar-refractivity contribution is 8.26.